The summed E-state index contributed by atoms with van der Waals surface area (Å²) in [6.45, 7) is 2.95. The highest BCUT2D eigenvalue weighted by Crippen LogP contribution is 2.24. The summed E-state index contributed by atoms with van der Waals surface area (Å²) in [4.78, 5) is 38.4. The molecule has 2 aromatic rings. The van der Waals surface area contributed by atoms with Crippen LogP contribution in [0.1, 0.15) is 43.1 Å². The Morgan fingerprint density at radius 3 is 2.48 bits per heavy atom. The van der Waals surface area contributed by atoms with E-state index in [1.165, 1.54) is 23.1 Å². The lowest BCUT2D eigenvalue weighted by Crippen LogP contribution is -2.31. The summed E-state index contributed by atoms with van der Waals surface area (Å²) in [5.74, 6) is -0.593. The van der Waals surface area contributed by atoms with Crippen LogP contribution >= 0.6 is 0 Å². The summed E-state index contributed by atoms with van der Waals surface area (Å²) in [5, 5.41) is 0. The molecule has 2 amide bonds. The van der Waals surface area contributed by atoms with Crippen molar-refractivity contribution in [2.45, 2.75) is 13.3 Å². The Hall–Kier alpha value is -3.19. The molecule has 3 rings (SSSR count). The van der Waals surface area contributed by atoms with Crippen molar-refractivity contribution in [1.29, 1.82) is 0 Å². The molecule has 0 aliphatic carbocycles. The van der Waals surface area contributed by atoms with Crippen molar-refractivity contribution in [2.24, 2.45) is 0 Å². The number of fused-ring (bicyclic) bond motifs is 1. The van der Waals surface area contributed by atoms with Crippen LogP contribution in [0.4, 0.5) is 0 Å². The summed E-state index contributed by atoms with van der Waals surface area (Å²) in [7, 11) is 1.56. The van der Waals surface area contributed by atoms with Crippen molar-refractivity contribution < 1.29 is 28.6 Å². The fourth-order valence-corrected chi connectivity index (χ4v) is 3.08. The van der Waals surface area contributed by atoms with Crippen LogP contribution in [-0.2, 0) is 9.47 Å². The number of carbonyl (C=O) groups excluding carboxylic acids is 3. The van der Waals surface area contributed by atoms with E-state index in [0.717, 1.165) is 11.3 Å². The van der Waals surface area contributed by atoms with Crippen molar-refractivity contribution in [3.63, 3.8) is 0 Å². The van der Waals surface area contributed by atoms with Gasteiger partial charge in [-0.2, -0.15) is 0 Å². The minimum Gasteiger partial charge on any atom is -0.490 e. The fraction of sp³-hybridized carbons (Fsp3) is 0.318. The van der Waals surface area contributed by atoms with Crippen molar-refractivity contribution in [2.75, 3.05) is 33.5 Å². The molecule has 0 N–H and O–H groups in total. The van der Waals surface area contributed by atoms with Gasteiger partial charge in [-0.25, -0.2) is 4.79 Å². The zero-order valence-corrected chi connectivity index (χ0v) is 16.5. The fourth-order valence-electron chi connectivity index (χ4n) is 3.08. The van der Waals surface area contributed by atoms with Gasteiger partial charge in [-0.05, 0) is 43.2 Å². The van der Waals surface area contributed by atoms with E-state index in [1.807, 2.05) is 31.2 Å². The van der Waals surface area contributed by atoms with Crippen molar-refractivity contribution in [3.05, 3.63) is 64.7 Å². The number of hydrogen-bond donors (Lipinski definition) is 0. The first-order valence-electron chi connectivity index (χ1n) is 9.37. The molecule has 0 fully saturated rings. The molecule has 1 aliphatic rings. The third-order valence-electron chi connectivity index (χ3n) is 4.60. The molecule has 1 heterocycles. The van der Waals surface area contributed by atoms with E-state index in [9.17, 15) is 14.4 Å². The number of para-hydroxylation sites is 1. The molecule has 2 aromatic carbocycles. The zero-order chi connectivity index (χ0) is 20.8. The molecule has 29 heavy (non-hydrogen) atoms. The molecule has 0 radical (unpaired) electrons. The average molecular weight is 397 g/mol. The molecule has 152 valence electrons. The number of aryl methyl sites for hydroxylation is 1. The van der Waals surface area contributed by atoms with Crippen molar-refractivity contribution in [1.82, 2.24) is 4.90 Å². The standard InChI is InChI=1S/C22H23NO6/c1-15-6-3-4-7-19(15)28-12-13-29-22(26)16-8-9-17-18(14-16)21(25)23(20(17)24)10-5-11-27-2/h3-4,6-9,14H,5,10-13H2,1-2H3. The number of ether oxygens (including phenoxy) is 3. The highest BCUT2D eigenvalue weighted by atomic mass is 16.6. The maximum atomic E-state index is 12.5. The van der Waals surface area contributed by atoms with Crippen LogP contribution in [0.5, 0.6) is 5.75 Å². The number of esters is 1. The highest BCUT2D eigenvalue weighted by molar-refractivity contribution is 6.21. The first kappa shape index (κ1) is 20.5. The topological polar surface area (TPSA) is 82.1 Å². The lowest BCUT2D eigenvalue weighted by Gasteiger charge is -2.12. The normalized spacial score (nSPS) is 12.8. The summed E-state index contributed by atoms with van der Waals surface area (Å²) in [6.07, 6.45) is 0.553. The molecule has 0 aromatic heterocycles. The molecule has 0 saturated heterocycles. The van der Waals surface area contributed by atoms with Crippen LogP contribution < -0.4 is 4.74 Å². The summed E-state index contributed by atoms with van der Waals surface area (Å²) >= 11 is 0. The Labute approximate surface area is 169 Å². The van der Waals surface area contributed by atoms with Gasteiger partial charge in [0.25, 0.3) is 11.8 Å². The number of rotatable bonds is 9. The zero-order valence-electron chi connectivity index (χ0n) is 16.5. The number of hydrogen-bond acceptors (Lipinski definition) is 6. The van der Waals surface area contributed by atoms with Crippen molar-refractivity contribution >= 4 is 17.8 Å². The van der Waals surface area contributed by atoms with E-state index in [-0.39, 0.29) is 36.8 Å². The Morgan fingerprint density at radius 1 is 0.966 bits per heavy atom. The lowest BCUT2D eigenvalue weighted by molar-refractivity contribution is 0.0449. The second kappa shape index (κ2) is 9.34. The molecule has 0 saturated carbocycles. The van der Waals surface area contributed by atoms with E-state index < -0.39 is 11.9 Å². The summed E-state index contributed by atoms with van der Waals surface area (Å²) in [6, 6.07) is 12.0. The Balaban J connectivity index is 1.57. The van der Waals surface area contributed by atoms with Crippen LogP contribution in [-0.4, -0.2) is 56.2 Å². The summed E-state index contributed by atoms with van der Waals surface area (Å²) < 4.78 is 15.8. The Bertz CT molecular complexity index is 923. The molecule has 7 nitrogen and oxygen atoms in total. The third kappa shape index (κ3) is 4.63. The SMILES string of the molecule is COCCCN1C(=O)c2ccc(C(=O)OCCOc3ccccc3C)cc2C1=O. The lowest BCUT2D eigenvalue weighted by atomic mass is 10.1. The quantitative estimate of drug-likeness (QED) is 0.368. The first-order chi connectivity index (χ1) is 14.0. The van der Waals surface area contributed by atoms with Gasteiger partial charge in [-0.3, -0.25) is 14.5 Å². The van der Waals surface area contributed by atoms with Gasteiger partial charge in [0.05, 0.1) is 16.7 Å². The van der Waals surface area contributed by atoms with Gasteiger partial charge in [-0.1, -0.05) is 18.2 Å². The molecule has 0 atom stereocenters. The monoisotopic (exact) mass is 397 g/mol. The van der Waals surface area contributed by atoms with Crippen LogP contribution in [0.2, 0.25) is 0 Å². The maximum absolute atomic E-state index is 12.5. The van der Waals surface area contributed by atoms with Gasteiger partial charge < -0.3 is 14.2 Å². The molecular weight excluding hydrogens is 374 g/mol. The largest absolute Gasteiger partial charge is 0.490 e. The molecular formula is C22H23NO6. The predicted molar refractivity (Wildman–Crippen MR) is 105 cm³/mol. The minimum absolute atomic E-state index is 0.0697. The molecule has 7 heteroatoms. The summed E-state index contributed by atoms with van der Waals surface area (Å²) in [5.41, 5.74) is 1.74. The molecule has 1 aliphatic heterocycles. The van der Waals surface area contributed by atoms with Crippen LogP contribution in [0.25, 0.3) is 0 Å². The number of imide groups is 1. The number of carbonyl (C=O) groups is 3. The Morgan fingerprint density at radius 2 is 1.72 bits per heavy atom. The van der Waals surface area contributed by atoms with Gasteiger partial charge in [0.2, 0.25) is 0 Å². The molecule has 0 unspecified atom stereocenters. The second-order valence-electron chi connectivity index (χ2n) is 6.62. The molecule has 0 bridgehead atoms. The predicted octanol–water partition coefficient (Wildman–Crippen LogP) is 2.86. The van der Waals surface area contributed by atoms with E-state index in [4.69, 9.17) is 14.2 Å². The smallest absolute Gasteiger partial charge is 0.338 e. The van der Waals surface area contributed by atoms with Gasteiger partial charge in [0.1, 0.15) is 19.0 Å². The number of methoxy groups -OCH3 is 1. The first-order valence-corrected chi connectivity index (χ1v) is 9.37. The van der Waals surface area contributed by atoms with Crippen molar-refractivity contribution in [3.8, 4) is 5.75 Å². The van der Waals surface area contributed by atoms with Crippen LogP contribution in [0.3, 0.4) is 0 Å². The number of benzene rings is 2. The van der Waals surface area contributed by atoms with Crippen LogP contribution in [0.15, 0.2) is 42.5 Å². The third-order valence-corrected chi connectivity index (χ3v) is 4.60. The average Bonchev–Trinajstić information content (AvgIpc) is 2.96. The molecule has 0 spiro atoms. The van der Waals surface area contributed by atoms with E-state index in [2.05, 4.69) is 0 Å². The van der Waals surface area contributed by atoms with E-state index >= 15 is 0 Å². The van der Waals surface area contributed by atoms with Crippen LogP contribution in [0, 0.1) is 6.92 Å². The number of nitrogens with zero attached hydrogens (tertiary/aromatic N) is 1. The van der Waals surface area contributed by atoms with Gasteiger partial charge in [0.15, 0.2) is 0 Å². The van der Waals surface area contributed by atoms with E-state index in [1.54, 1.807) is 7.11 Å². The van der Waals surface area contributed by atoms with E-state index in [0.29, 0.717) is 18.6 Å². The number of amides is 2. The minimum atomic E-state index is -0.570. The van der Waals surface area contributed by atoms with Gasteiger partial charge >= 0.3 is 5.97 Å². The maximum Gasteiger partial charge on any atom is 0.338 e. The van der Waals surface area contributed by atoms with Gasteiger partial charge in [0, 0.05) is 20.3 Å². The van der Waals surface area contributed by atoms with Gasteiger partial charge in [-0.15, -0.1) is 0 Å². The Kier molecular flexibility index (Phi) is 6.61. The highest BCUT2D eigenvalue weighted by Gasteiger charge is 2.35. The second-order valence-corrected chi connectivity index (χ2v) is 6.62.